The molecular formula is C13H16ClNO4S2. The summed E-state index contributed by atoms with van der Waals surface area (Å²) in [5.41, 5.74) is 0.653. The average molecular weight is 350 g/mol. The number of benzene rings is 1. The highest BCUT2D eigenvalue weighted by molar-refractivity contribution is 7.98. The Morgan fingerprint density at radius 2 is 2.05 bits per heavy atom. The number of aliphatic carboxylic acids is 1. The molecule has 0 spiro atoms. The molecule has 1 aromatic carbocycles. The maximum Gasteiger partial charge on any atom is 0.321 e. The number of thioether (sulfide) groups is 1. The van der Waals surface area contributed by atoms with Gasteiger partial charge < -0.3 is 5.11 Å². The average Bonchev–Trinajstić information content (AvgIpc) is 2.42. The molecule has 1 aromatic rings. The van der Waals surface area contributed by atoms with Gasteiger partial charge in [-0.3, -0.25) is 4.79 Å². The zero-order valence-corrected chi connectivity index (χ0v) is 13.7. The molecule has 0 aliphatic heterocycles. The van der Waals surface area contributed by atoms with Crippen molar-refractivity contribution < 1.29 is 18.3 Å². The molecule has 5 nitrogen and oxygen atoms in total. The summed E-state index contributed by atoms with van der Waals surface area (Å²) in [6.45, 7) is 0. The van der Waals surface area contributed by atoms with Crippen LogP contribution in [0.5, 0.6) is 0 Å². The molecule has 0 aliphatic rings. The summed E-state index contributed by atoms with van der Waals surface area (Å²) >= 11 is 7.19. The van der Waals surface area contributed by atoms with E-state index in [9.17, 15) is 13.2 Å². The summed E-state index contributed by atoms with van der Waals surface area (Å²) in [6, 6.07) is 5.48. The summed E-state index contributed by atoms with van der Waals surface area (Å²) in [6.07, 6.45) is 3.44. The number of nitrogens with one attached hydrogen (secondary N) is 1. The van der Waals surface area contributed by atoms with Crippen molar-refractivity contribution in [2.24, 2.45) is 0 Å². The van der Waals surface area contributed by atoms with E-state index >= 15 is 0 Å². The molecule has 0 radical (unpaired) electrons. The third-order valence-corrected chi connectivity index (χ3v) is 4.53. The highest BCUT2D eigenvalue weighted by Crippen LogP contribution is 2.11. The van der Waals surface area contributed by atoms with E-state index in [1.807, 2.05) is 6.26 Å². The Labute approximate surface area is 133 Å². The van der Waals surface area contributed by atoms with Gasteiger partial charge in [0.05, 0.1) is 0 Å². The predicted molar refractivity (Wildman–Crippen MR) is 87.0 cm³/mol. The molecular weight excluding hydrogens is 334 g/mol. The minimum absolute atomic E-state index is 0.227. The van der Waals surface area contributed by atoms with E-state index < -0.39 is 22.0 Å². The summed E-state index contributed by atoms with van der Waals surface area (Å²) in [5, 5.41) is 10.5. The molecule has 8 heteroatoms. The predicted octanol–water partition coefficient (Wildman–Crippen LogP) is 2.44. The van der Waals surface area contributed by atoms with Crippen molar-refractivity contribution in [3.05, 3.63) is 40.3 Å². The molecule has 2 N–H and O–H groups in total. The Bertz CT molecular complexity index is 599. The minimum atomic E-state index is -3.82. The maximum atomic E-state index is 11.9. The Kier molecular flexibility index (Phi) is 7.24. The number of halogens is 1. The molecule has 116 valence electrons. The second-order valence-corrected chi connectivity index (χ2v) is 7.21. The molecule has 0 aromatic heterocycles. The van der Waals surface area contributed by atoms with Gasteiger partial charge in [0.25, 0.3) is 0 Å². The van der Waals surface area contributed by atoms with Crippen LogP contribution < -0.4 is 4.72 Å². The number of carboxylic acids is 1. The molecule has 1 rings (SSSR count). The molecule has 21 heavy (non-hydrogen) atoms. The first-order valence-electron chi connectivity index (χ1n) is 6.02. The fourth-order valence-corrected chi connectivity index (χ4v) is 3.08. The van der Waals surface area contributed by atoms with Crippen molar-refractivity contribution in [3.8, 4) is 0 Å². The highest BCUT2D eigenvalue weighted by Gasteiger charge is 2.21. The van der Waals surface area contributed by atoms with Crippen LogP contribution >= 0.6 is 23.4 Å². The Balaban J connectivity index is 2.75. The number of rotatable bonds is 8. The topological polar surface area (TPSA) is 83.5 Å². The van der Waals surface area contributed by atoms with Gasteiger partial charge in [-0.2, -0.15) is 16.5 Å². The van der Waals surface area contributed by atoms with E-state index in [0.29, 0.717) is 16.3 Å². The van der Waals surface area contributed by atoms with Crippen molar-refractivity contribution in [2.45, 2.75) is 12.5 Å². The van der Waals surface area contributed by atoms with Crippen LogP contribution in [0.2, 0.25) is 5.02 Å². The van der Waals surface area contributed by atoms with Crippen LogP contribution in [0.25, 0.3) is 6.08 Å². The zero-order chi connectivity index (χ0) is 15.9. The van der Waals surface area contributed by atoms with E-state index in [-0.39, 0.29) is 6.42 Å². The van der Waals surface area contributed by atoms with Gasteiger partial charge in [-0.1, -0.05) is 23.7 Å². The first kappa shape index (κ1) is 18.0. The van der Waals surface area contributed by atoms with Crippen LogP contribution in [0.3, 0.4) is 0 Å². The first-order chi connectivity index (χ1) is 9.84. The second kappa shape index (κ2) is 8.43. The number of sulfonamides is 1. The van der Waals surface area contributed by atoms with E-state index in [4.69, 9.17) is 16.7 Å². The Hall–Kier alpha value is -1.02. The molecule has 0 aliphatic carbocycles. The van der Waals surface area contributed by atoms with Crippen molar-refractivity contribution in [1.82, 2.24) is 4.72 Å². The quantitative estimate of drug-likeness (QED) is 0.753. The lowest BCUT2D eigenvalue weighted by atomic mass is 10.2. The minimum Gasteiger partial charge on any atom is -0.480 e. The van der Waals surface area contributed by atoms with Gasteiger partial charge in [0.2, 0.25) is 10.0 Å². The van der Waals surface area contributed by atoms with Gasteiger partial charge in [0.15, 0.2) is 0 Å². The summed E-state index contributed by atoms with van der Waals surface area (Å²) in [7, 11) is -3.82. The fourth-order valence-electron chi connectivity index (χ4n) is 1.45. The second-order valence-electron chi connectivity index (χ2n) is 4.19. The lowest BCUT2D eigenvalue weighted by Crippen LogP contribution is -2.40. The lowest BCUT2D eigenvalue weighted by molar-refractivity contribution is -0.139. The molecule has 0 heterocycles. The zero-order valence-electron chi connectivity index (χ0n) is 11.3. The summed E-state index contributed by atoms with van der Waals surface area (Å²) in [5.74, 6) is -0.632. The molecule has 0 fully saturated rings. The molecule has 0 bridgehead atoms. The normalized spacial score (nSPS) is 13.4. The van der Waals surface area contributed by atoms with Gasteiger partial charge in [-0.15, -0.1) is 0 Å². The van der Waals surface area contributed by atoms with Gasteiger partial charge in [0, 0.05) is 10.4 Å². The van der Waals surface area contributed by atoms with Crippen LogP contribution in [-0.2, 0) is 14.8 Å². The number of hydrogen-bond donors (Lipinski definition) is 2. The molecule has 1 atom stereocenters. The molecule has 0 unspecified atom stereocenters. The monoisotopic (exact) mass is 349 g/mol. The summed E-state index contributed by atoms with van der Waals surface area (Å²) < 4.78 is 25.9. The van der Waals surface area contributed by atoms with Gasteiger partial charge in [0.1, 0.15) is 6.04 Å². The van der Waals surface area contributed by atoms with Crippen molar-refractivity contribution in [3.63, 3.8) is 0 Å². The largest absolute Gasteiger partial charge is 0.480 e. The van der Waals surface area contributed by atoms with E-state index in [0.717, 1.165) is 5.41 Å². The van der Waals surface area contributed by atoms with Gasteiger partial charge in [-0.05, 0) is 42.2 Å². The van der Waals surface area contributed by atoms with Gasteiger partial charge >= 0.3 is 5.97 Å². The van der Waals surface area contributed by atoms with Crippen LogP contribution in [0.4, 0.5) is 0 Å². The van der Waals surface area contributed by atoms with E-state index in [1.165, 1.54) is 17.8 Å². The standard InChI is InChI=1S/C13H16ClNO4S2/c1-20-8-6-12(13(16)17)15-21(18,19)9-7-10-2-4-11(14)5-3-10/h2-5,7,9,12,15H,6,8H2,1H3,(H,16,17)/b9-7+/t12-/m1/s1. The summed E-state index contributed by atoms with van der Waals surface area (Å²) in [4.78, 5) is 11.0. The third-order valence-electron chi connectivity index (χ3n) is 2.52. The lowest BCUT2D eigenvalue weighted by Gasteiger charge is -2.12. The third kappa shape index (κ3) is 6.99. The molecule has 0 saturated carbocycles. The Morgan fingerprint density at radius 1 is 1.43 bits per heavy atom. The molecule has 0 saturated heterocycles. The molecule has 0 amide bonds. The van der Waals surface area contributed by atoms with Crippen LogP contribution in [0, 0.1) is 0 Å². The van der Waals surface area contributed by atoms with Crippen molar-refractivity contribution >= 4 is 45.4 Å². The Morgan fingerprint density at radius 3 is 2.57 bits per heavy atom. The first-order valence-corrected chi connectivity index (χ1v) is 9.33. The van der Waals surface area contributed by atoms with E-state index in [1.54, 1.807) is 24.3 Å². The number of carboxylic acid groups (broad SMARTS) is 1. The van der Waals surface area contributed by atoms with Crippen LogP contribution in [0.1, 0.15) is 12.0 Å². The number of hydrogen-bond acceptors (Lipinski definition) is 4. The van der Waals surface area contributed by atoms with Crippen LogP contribution in [0.15, 0.2) is 29.7 Å². The smallest absolute Gasteiger partial charge is 0.321 e. The maximum absolute atomic E-state index is 11.9. The van der Waals surface area contributed by atoms with Crippen molar-refractivity contribution in [1.29, 1.82) is 0 Å². The fraction of sp³-hybridized carbons (Fsp3) is 0.308. The van der Waals surface area contributed by atoms with Gasteiger partial charge in [-0.25, -0.2) is 8.42 Å². The highest BCUT2D eigenvalue weighted by atomic mass is 35.5. The van der Waals surface area contributed by atoms with E-state index in [2.05, 4.69) is 4.72 Å². The SMILES string of the molecule is CSCC[C@@H](NS(=O)(=O)/C=C/c1ccc(Cl)cc1)C(=O)O. The van der Waals surface area contributed by atoms with Crippen LogP contribution in [-0.4, -0.2) is 37.5 Å². The van der Waals surface area contributed by atoms with Crippen molar-refractivity contribution in [2.75, 3.05) is 12.0 Å². The number of carbonyl (C=O) groups is 1.